The molecule has 0 unspecified atom stereocenters. The van der Waals surface area contributed by atoms with Crippen molar-refractivity contribution >= 4 is 34.5 Å². The van der Waals surface area contributed by atoms with Crippen molar-refractivity contribution in [2.45, 2.75) is 71.7 Å². The van der Waals surface area contributed by atoms with Crippen molar-refractivity contribution in [3.63, 3.8) is 0 Å². The van der Waals surface area contributed by atoms with Crippen LogP contribution in [0.15, 0.2) is 22.5 Å². The van der Waals surface area contributed by atoms with Crippen LogP contribution in [0.2, 0.25) is 14.8 Å². The Hall–Kier alpha value is -0.711. The van der Waals surface area contributed by atoms with Crippen molar-refractivity contribution in [2.75, 3.05) is 6.61 Å². The monoisotopic (exact) mass is 536 g/mol. The summed E-state index contributed by atoms with van der Waals surface area (Å²) in [7, 11) is -5.63. The topological polar surface area (TPSA) is 69.7 Å². The molecule has 5 nitrogen and oxygen atoms in total. The van der Waals surface area contributed by atoms with E-state index in [-0.39, 0.29) is 12.4 Å². The van der Waals surface area contributed by atoms with E-state index in [9.17, 15) is 26.4 Å². The fourth-order valence-electron chi connectivity index (χ4n) is 2.12. The number of carbonyl (C=O) groups is 1. The van der Waals surface area contributed by atoms with Gasteiger partial charge in [-0.2, -0.15) is 21.6 Å². The smallest absolute Gasteiger partial charge is 0.381 e. The first-order chi connectivity index (χ1) is 12.7. The molecule has 0 aliphatic carbocycles. The maximum Gasteiger partial charge on any atom is 0.534 e. The van der Waals surface area contributed by atoms with Gasteiger partial charge in [-0.25, -0.2) is 0 Å². The molecular formula is C18H31F3O5SSn. The Kier molecular flexibility index (Phi) is 12.4. The Balaban J connectivity index is 3.70. The third kappa shape index (κ3) is 14.3. The molecule has 0 aliphatic heterocycles. The number of hydrogen-bond acceptors (Lipinski definition) is 5. The van der Waals surface area contributed by atoms with E-state index in [1.807, 2.05) is 0 Å². The fourth-order valence-corrected chi connectivity index (χ4v) is 5.10. The SMILES string of the molecule is C=C(CCCCCCCC(=O)OCC/C=[CH]/[Sn]([CH3])([CH3])[CH3])OS(=O)(=O)C(F)(F)F. The Morgan fingerprint density at radius 3 is 2.11 bits per heavy atom. The number of carbonyl (C=O) groups excluding carboxylic acids is 1. The van der Waals surface area contributed by atoms with Gasteiger partial charge in [0.1, 0.15) is 5.76 Å². The number of alkyl halides is 3. The molecule has 0 fully saturated rings. The minimum Gasteiger partial charge on any atom is -0.381 e. The summed E-state index contributed by atoms with van der Waals surface area (Å²) in [5.41, 5.74) is -5.45. The summed E-state index contributed by atoms with van der Waals surface area (Å²) in [5, 5.41) is 0. The fraction of sp³-hybridized carbons (Fsp3) is 0.722. The van der Waals surface area contributed by atoms with Gasteiger partial charge in [-0.1, -0.05) is 6.58 Å². The number of halogens is 3. The average Bonchev–Trinajstić information content (AvgIpc) is 2.51. The van der Waals surface area contributed by atoms with Crippen molar-refractivity contribution in [3.8, 4) is 0 Å². The maximum absolute atomic E-state index is 12.2. The van der Waals surface area contributed by atoms with Crippen LogP contribution in [0.4, 0.5) is 13.2 Å². The second-order valence-electron chi connectivity index (χ2n) is 7.57. The summed E-state index contributed by atoms with van der Waals surface area (Å²) in [4.78, 5) is 18.5. The van der Waals surface area contributed by atoms with Crippen molar-refractivity contribution in [2.24, 2.45) is 0 Å². The number of rotatable bonds is 14. The minimum atomic E-state index is -5.63. The van der Waals surface area contributed by atoms with Crippen LogP contribution in [0.3, 0.4) is 0 Å². The molecule has 10 heteroatoms. The van der Waals surface area contributed by atoms with Crippen LogP contribution in [0.1, 0.15) is 51.4 Å². The van der Waals surface area contributed by atoms with E-state index in [0.717, 1.165) is 19.3 Å². The van der Waals surface area contributed by atoms with Gasteiger partial charge in [0.2, 0.25) is 0 Å². The molecule has 0 aromatic carbocycles. The first-order valence-corrected chi connectivity index (χ1v) is 20.9. The van der Waals surface area contributed by atoms with Crippen LogP contribution in [0, 0.1) is 0 Å². The van der Waals surface area contributed by atoms with Gasteiger partial charge in [0.05, 0.1) is 0 Å². The van der Waals surface area contributed by atoms with E-state index in [0.29, 0.717) is 32.3 Å². The van der Waals surface area contributed by atoms with Crippen molar-refractivity contribution in [1.82, 2.24) is 0 Å². The Morgan fingerprint density at radius 1 is 1.04 bits per heavy atom. The molecule has 0 rings (SSSR count). The summed E-state index contributed by atoms with van der Waals surface area (Å²) in [6.07, 6.45) is 6.54. The summed E-state index contributed by atoms with van der Waals surface area (Å²) < 4.78 is 69.4. The van der Waals surface area contributed by atoms with E-state index >= 15 is 0 Å². The molecule has 164 valence electrons. The van der Waals surface area contributed by atoms with Gasteiger partial charge in [-0.05, 0) is 0 Å². The summed E-state index contributed by atoms with van der Waals surface area (Å²) >= 11 is -1.89. The third-order valence-corrected chi connectivity index (χ3v) is 8.06. The molecule has 0 spiro atoms. The first-order valence-electron chi connectivity index (χ1n) is 9.26. The van der Waals surface area contributed by atoms with Gasteiger partial charge >= 0.3 is 126 Å². The largest absolute Gasteiger partial charge is 0.534 e. The second kappa shape index (κ2) is 12.8. The van der Waals surface area contributed by atoms with Gasteiger partial charge in [0.25, 0.3) is 0 Å². The van der Waals surface area contributed by atoms with E-state index < -0.39 is 39.8 Å². The maximum atomic E-state index is 12.2. The standard InChI is InChI=1S/C15H22F3O5S.3CH3.Sn/c1-3-4-12-22-14(19)11-9-7-5-6-8-10-13(2)23-24(20,21)15(16,17)18;;;;/h1,3H,2,4-12H2;3*1H3;. The summed E-state index contributed by atoms with van der Waals surface area (Å²) in [6, 6.07) is 0. The van der Waals surface area contributed by atoms with E-state index in [4.69, 9.17) is 4.74 Å². The molecular weight excluding hydrogens is 504 g/mol. The minimum absolute atomic E-state index is 0.0315. The molecule has 0 heterocycles. The molecule has 0 bridgehead atoms. The predicted molar refractivity (Wildman–Crippen MR) is 106 cm³/mol. The van der Waals surface area contributed by atoms with Crippen molar-refractivity contribution < 1.29 is 35.3 Å². The van der Waals surface area contributed by atoms with Crippen LogP contribution >= 0.6 is 0 Å². The van der Waals surface area contributed by atoms with Crippen LogP contribution in [0.5, 0.6) is 0 Å². The molecule has 0 saturated heterocycles. The van der Waals surface area contributed by atoms with Crippen LogP contribution in [-0.4, -0.2) is 44.9 Å². The number of ether oxygens (including phenoxy) is 1. The first kappa shape index (κ1) is 27.3. The third-order valence-electron chi connectivity index (χ3n) is 3.51. The van der Waals surface area contributed by atoms with E-state index in [1.165, 1.54) is 0 Å². The van der Waals surface area contributed by atoms with E-state index in [2.05, 4.69) is 35.7 Å². The molecule has 0 aliphatic rings. The van der Waals surface area contributed by atoms with Crippen LogP contribution < -0.4 is 0 Å². The Morgan fingerprint density at radius 2 is 1.57 bits per heavy atom. The number of unbranched alkanes of at least 4 members (excludes halogenated alkanes) is 4. The Labute approximate surface area is 170 Å². The quantitative estimate of drug-likeness (QED) is 0.0738. The predicted octanol–water partition coefficient (Wildman–Crippen LogP) is 5.46. The number of esters is 1. The zero-order valence-electron chi connectivity index (χ0n) is 16.8. The second-order valence-corrected chi connectivity index (χ2v) is 23.6. The molecule has 0 amide bonds. The molecule has 0 N–H and O–H groups in total. The van der Waals surface area contributed by atoms with Gasteiger partial charge in [-0.3, -0.25) is 0 Å². The van der Waals surface area contributed by atoms with Gasteiger partial charge in [0, 0.05) is 6.42 Å². The van der Waals surface area contributed by atoms with Gasteiger partial charge in [0.15, 0.2) is 0 Å². The number of hydrogen-bond donors (Lipinski definition) is 0. The summed E-state index contributed by atoms with van der Waals surface area (Å²) in [5.74, 6) is -0.655. The normalized spacial score (nSPS) is 12.9. The van der Waals surface area contributed by atoms with E-state index in [1.54, 1.807) is 0 Å². The summed E-state index contributed by atoms with van der Waals surface area (Å²) in [6.45, 7) is 3.59. The van der Waals surface area contributed by atoms with Crippen molar-refractivity contribution in [3.05, 3.63) is 22.5 Å². The molecule has 0 aromatic heterocycles. The molecule has 0 radical (unpaired) electrons. The van der Waals surface area contributed by atoms with Crippen LogP contribution in [-0.2, 0) is 23.8 Å². The zero-order chi connectivity index (χ0) is 21.8. The average molecular weight is 535 g/mol. The molecule has 0 aromatic rings. The molecule has 28 heavy (non-hydrogen) atoms. The zero-order valence-corrected chi connectivity index (χ0v) is 20.5. The molecule has 0 atom stereocenters. The van der Waals surface area contributed by atoms with Crippen molar-refractivity contribution in [1.29, 1.82) is 0 Å². The molecule has 0 saturated carbocycles. The number of allylic oxidation sites excluding steroid dienone is 1. The Bertz CT molecular complexity index is 622. The van der Waals surface area contributed by atoms with Crippen LogP contribution in [0.25, 0.3) is 0 Å². The van der Waals surface area contributed by atoms with Gasteiger partial charge in [-0.15, -0.1) is 0 Å². The van der Waals surface area contributed by atoms with Gasteiger partial charge < -0.3 is 4.18 Å².